The molecule has 0 amide bonds. The molecule has 1 nitrogen and oxygen atoms in total. The predicted molar refractivity (Wildman–Crippen MR) is 59.5 cm³/mol. The molecule has 0 aliphatic heterocycles. The van der Waals surface area contributed by atoms with Crippen molar-refractivity contribution in [3.05, 3.63) is 39.6 Å². The molecule has 0 N–H and O–H groups in total. The minimum absolute atomic E-state index is 0.00501. The highest BCUT2D eigenvalue weighted by molar-refractivity contribution is 14.1. The van der Waals surface area contributed by atoms with Crippen molar-refractivity contribution in [3.8, 4) is 0 Å². The fraction of sp³-hybridized carbons (Fsp3) is 0.100. The average molecular weight is 323 g/mol. The van der Waals surface area contributed by atoms with Crippen LogP contribution in [0.25, 0.3) is 10.9 Å². The fourth-order valence-corrected chi connectivity index (χ4v) is 2.02. The number of benzene rings is 1. The molecule has 0 bridgehead atoms. The maximum Gasteiger partial charge on any atom is 0.418 e. The zero-order chi connectivity index (χ0) is 11.1. The van der Waals surface area contributed by atoms with Crippen LogP contribution in [-0.2, 0) is 6.18 Å². The summed E-state index contributed by atoms with van der Waals surface area (Å²) in [5.74, 6) is 0. The predicted octanol–water partition coefficient (Wildman–Crippen LogP) is 3.86. The summed E-state index contributed by atoms with van der Waals surface area (Å²) in [6, 6.07) is 6.03. The first-order valence-electron chi connectivity index (χ1n) is 4.10. The van der Waals surface area contributed by atoms with E-state index >= 15 is 0 Å². The van der Waals surface area contributed by atoms with Gasteiger partial charge in [0.1, 0.15) is 0 Å². The number of hydrogen-bond donors (Lipinski definition) is 0. The second-order valence-electron chi connectivity index (χ2n) is 3.03. The number of halogens is 4. The van der Waals surface area contributed by atoms with Gasteiger partial charge in [-0.3, -0.25) is 4.98 Å². The molecule has 2 aromatic rings. The van der Waals surface area contributed by atoms with E-state index in [0.717, 1.165) is 6.07 Å². The van der Waals surface area contributed by atoms with E-state index in [1.807, 2.05) is 22.6 Å². The van der Waals surface area contributed by atoms with Crippen molar-refractivity contribution in [2.45, 2.75) is 6.18 Å². The summed E-state index contributed by atoms with van der Waals surface area (Å²) in [6.07, 6.45) is -2.99. The Bertz CT molecular complexity index is 507. The van der Waals surface area contributed by atoms with Crippen LogP contribution in [0, 0.1) is 3.57 Å². The highest BCUT2D eigenvalue weighted by atomic mass is 127. The van der Waals surface area contributed by atoms with E-state index in [4.69, 9.17) is 0 Å². The van der Waals surface area contributed by atoms with Crippen LogP contribution in [0.4, 0.5) is 13.2 Å². The lowest BCUT2D eigenvalue weighted by atomic mass is 10.1. The van der Waals surface area contributed by atoms with Crippen molar-refractivity contribution in [2.75, 3.05) is 0 Å². The van der Waals surface area contributed by atoms with Gasteiger partial charge in [-0.05, 0) is 40.8 Å². The van der Waals surface area contributed by atoms with E-state index in [0.29, 0.717) is 8.96 Å². The van der Waals surface area contributed by atoms with Crippen molar-refractivity contribution >= 4 is 33.5 Å². The molecule has 1 aromatic heterocycles. The number of nitrogens with zero attached hydrogens (tertiary/aromatic N) is 1. The number of hydrogen-bond acceptors (Lipinski definition) is 1. The standard InChI is InChI=1S/C10H5F3IN/c11-10(12,13)8-5-7(14)4-6-2-1-3-15-9(6)8/h1-5H. The highest BCUT2D eigenvalue weighted by Gasteiger charge is 2.33. The summed E-state index contributed by atoms with van der Waals surface area (Å²) < 4.78 is 38.5. The van der Waals surface area contributed by atoms with Gasteiger partial charge in [0.05, 0.1) is 11.1 Å². The first kappa shape index (κ1) is 10.7. The van der Waals surface area contributed by atoms with Crippen LogP contribution >= 0.6 is 22.6 Å². The maximum atomic E-state index is 12.7. The Morgan fingerprint density at radius 2 is 1.93 bits per heavy atom. The van der Waals surface area contributed by atoms with Gasteiger partial charge in [0.25, 0.3) is 0 Å². The molecular weight excluding hydrogens is 318 g/mol. The summed E-state index contributed by atoms with van der Waals surface area (Å²) in [4.78, 5) is 3.77. The van der Waals surface area contributed by atoms with E-state index < -0.39 is 11.7 Å². The molecule has 1 heterocycles. The van der Waals surface area contributed by atoms with Crippen molar-refractivity contribution < 1.29 is 13.2 Å². The number of alkyl halides is 3. The molecule has 15 heavy (non-hydrogen) atoms. The molecule has 0 spiro atoms. The van der Waals surface area contributed by atoms with Crippen molar-refractivity contribution in [1.82, 2.24) is 4.98 Å². The van der Waals surface area contributed by atoms with E-state index in [1.165, 1.54) is 6.20 Å². The summed E-state index contributed by atoms with van der Waals surface area (Å²) in [5.41, 5.74) is -0.671. The second-order valence-corrected chi connectivity index (χ2v) is 4.27. The summed E-state index contributed by atoms with van der Waals surface area (Å²) in [7, 11) is 0. The number of rotatable bonds is 0. The molecule has 0 fully saturated rings. The fourth-order valence-electron chi connectivity index (χ4n) is 1.37. The lowest BCUT2D eigenvalue weighted by molar-refractivity contribution is -0.136. The molecule has 0 radical (unpaired) electrons. The van der Waals surface area contributed by atoms with Crippen molar-refractivity contribution in [2.24, 2.45) is 0 Å². The van der Waals surface area contributed by atoms with Gasteiger partial charge in [-0.2, -0.15) is 13.2 Å². The van der Waals surface area contributed by atoms with E-state index in [2.05, 4.69) is 4.98 Å². The minimum Gasteiger partial charge on any atom is -0.256 e. The summed E-state index contributed by atoms with van der Waals surface area (Å²) >= 11 is 1.87. The Hall–Kier alpha value is -0.850. The van der Waals surface area contributed by atoms with Gasteiger partial charge in [0.15, 0.2) is 0 Å². The number of aromatic nitrogens is 1. The third-order valence-electron chi connectivity index (χ3n) is 1.98. The van der Waals surface area contributed by atoms with Crippen LogP contribution in [0.5, 0.6) is 0 Å². The van der Waals surface area contributed by atoms with Gasteiger partial charge in [-0.1, -0.05) is 6.07 Å². The van der Waals surface area contributed by atoms with E-state index in [1.54, 1.807) is 18.2 Å². The Morgan fingerprint density at radius 1 is 1.20 bits per heavy atom. The van der Waals surface area contributed by atoms with Gasteiger partial charge in [0.2, 0.25) is 0 Å². The van der Waals surface area contributed by atoms with Crippen LogP contribution in [-0.4, -0.2) is 4.98 Å². The average Bonchev–Trinajstić information content (AvgIpc) is 2.15. The van der Waals surface area contributed by atoms with E-state index in [9.17, 15) is 13.2 Å². The molecule has 0 saturated heterocycles. The molecule has 0 aliphatic carbocycles. The smallest absolute Gasteiger partial charge is 0.256 e. The van der Waals surface area contributed by atoms with Gasteiger partial charge in [0, 0.05) is 15.2 Å². The van der Waals surface area contributed by atoms with Gasteiger partial charge < -0.3 is 0 Å². The molecule has 78 valence electrons. The molecule has 0 aliphatic rings. The highest BCUT2D eigenvalue weighted by Crippen LogP contribution is 2.34. The largest absolute Gasteiger partial charge is 0.418 e. The van der Waals surface area contributed by atoms with Crippen LogP contribution in [0.1, 0.15) is 5.56 Å². The molecule has 0 atom stereocenters. The van der Waals surface area contributed by atoms with Crippen LogP contribution in [0.3, 0.4) is 0 Å². The van der Waals surface area contributed by atoms with E-state index in [-0.39, 0.29) is 5.52 Å². The Morgan fingerprint density at radius 3 is 2.60 bits per heavy atom. The Labute approximate surface area is 97.5 Å². The van der Waals surface area contributed by atoms with Gasteiger partial charge in [-0.25, -0.2) is 0 Å². The van der Waals surface area contributed by atoms with Crippen LogP contribution < -0.4 is 0 Å². The van der Waals surface area contributed by atoms with Crippen molar-refractivity contribution in [1.29, 1.82) is 0 Å². The summed E-state index contributed by atoms with van der Waals surface area (Å²) in [6.45, 7) is 0. The molecule has 2 rings (SSSR count). The SMILES string of the molecule is FC(F)(F)c1cc(I)cc2cccnc12. The van der Waals surface area contributed by atoms with Crippen LogP contribution in [0.2, 0.25) is 0 Å². The first-order chi connectivity index (χ1) is 6.98. The second kappa shape index (κ2) is 3.62. The Kier molecular flexibility index (Phi) is 2.57. The van der Waals surface area contributed by atoms with Gasteiger partial charge in [-0.15, -0.1) is 0 Å². The lowest BCUT2D eigenvalue weighted by Crippen LogP contribution is -2.07. The quantitative estimate of drug-likeness (QED) is 0.671. The molecule has 1 aromatic carbocycles. The summed E-state index contributed by atoms with van der Waals surface area (Å²) in [5, 5.41) is 0.511. The van der Waals surface area contributed by atoms with Gasteiger partial charge >= 0.3 is 6.18 Å². The minimum atomic E-state index is -4.35. The van der Waals surface area contributed by atoms with Crippen molar-refractivity contribution in [3.63, 3.8) is 0 Å². The molecule has 0 saturated carbocycles. The molecular formula is C10H5F3IN. The topological polar surface area (TPSA) is 12.9 Å². The third-order valence-corrected chi connectivity index (χ3v) is 2.60. The lowest BCUT2D eigenvalue weighted by Gasteiger charge is -2.09. The number of fused-ring (bicyclic) bond motifs is 1. The first-order valence-corrected chi connectivity index (χ1v) is 5.18. The Balaban J connectivity index is 2.83. The normalized spacial score (nSPS) is 12.0. The molecule has 0 unspecified atom stereocenters. The zero-order valence-corrected chi connectivity index (χ0v) is 9.50. The molecule has 5 heteroatoms. The van der Waals surface area contributed by atoms with Crippen LogP contribution in [0.15, 0.2) is 30.5 Å². The third kappa shape index (κ3) is 2.06. The number of pyridine rings is 1. The zero-order valence-electron chi connectivity index (χ0n) is 7.35. The maximum absolute atomic E-state index is 12.7. The monoisotopic (exact) mass is 323 g/mol.